The molecular formula is C21H41NO. The SMILES string of the molecule is CCCC(C)(C)C(C)(C)C(CC(C)(C)C)N1CCCCCC1=O. The summed E-state index contributed by atoms with van der Waals surface area (Å²) in [7, 11) is 0. The molecule has 23 heavy (non-hydrogen) atoms. The van der Waals surface area contributed by atoms with E-state index in [9.17, 15) is 4.79 Å². The molecule has 2 nitrogen and oxygen atoms in total. The maximum absolute atomic E-state index is 12.8. The van der Waals surface area contributed by atoms with Crippen LogP contribution in [0.4, 0.5) is 0 Å². The lowest BCUT2D eigenvalue weighted by molar-refractivity contribution is -0.139. The minimum Gasteiger partial charge on any atom is -0.339 e. The lowest BCUT2D eigenvalue weighted by Gasteiger charge is -2.52. The molecule has 0 bridgehead atoms. The van der Waals surface area contributed by atoms with E-state index in [1.165, 1.54) is 19.3 Å². The first-order valence-electron chi connectivity index (χ1n) is 9.72. The third-order valence-electron chi connectivity index (χ3n) is 6.24. The Labute approximate surface area is 145 Å². The number of hydrogen-bond acceptors (Lipinski definition) is 1. The summed E-state index contributed by atoms with van der Waals surface area (Å²) < 4.78 is 0. The Balaban J connectivity index is 3.20. The minimum absolute atomic E-state index is 0.107. The van der Waals surface area contributed by atoms with Gasteiger partial charge in [-0.2, -0.15) is 0 Å². The molecular weight excluding hydrogens is 282 g/mol. The summed E-state index contributed by atoms with van der Waals surface area (Å²) in [4.78, 5) is 15.1. The highest BCUT2D eigenvalue weighted by atomic mass is 16.2. The van der Waals surface area contributed by atoms with Crippen LogP contribution in [0.5, 0.6) is 0 Å². The van der Waals surface area contributed by atoms with E-state index in [-0.39, 0.29) is 16.2 Å². The molecule has 0 spiro atoms. The second-order valence-corrected chi connectivity index (χ2v) is 10.0. The zero-order chi connectivity index (χ0) is 17.9. The average Bonchev–Trinajstić information content (AvgIpc) is 2.59. The number of amides is 1. The van der Waals surface area contributed by atoms with Crippen LogP contribution in [-0.4, -0.2) is 23.4 Å². The normalized spacial score (nSPS) is 19.7. The van der Waals surface area contributed by atoms with E-state index >= 15 is 0 Å². The summed E-state index contributed by atoms with van der Waals surface area (Å²) in [6, 6.07) is 0.328. The minimum atomic E-state index is 0.107. The van der Waals surface area contributed by atoms with Crippen LogP contribution in [0.15, 0.2) is 0 Å². The van der Waals surface area contributed by atoms with Gasteiger partial charge in [0.25, 0.3) is 0 Å². The number of hydrogen-bond donors (Lipinski definition) is 0. The first-order chi connectivity index (χ1) is 10.4. The first kappa shape index (κ1) is 20.5. The van der Waals surface area contributed by atoms with Gasteiger partial charge in [0, 0.05) is 19.0 Å². The van der Waals surface area contributed by atoms with Gasteiger partial charge >= 0.3 is 0 Å². The summed E-state index contributed by atoms with van der Waals surface area (Å²) in [5.41, 5.74) is 0.567. The molecule has 0 aromatic heterocycles. The van der Waals surface area contributed by atoms with Crippen molar-refractivity contribution in [3.63, 3.8) is 0 Å². The summed E-state index contributed by atoms with van der Waals surface area (Å²) in [6.07, 6.45) is 7.66. The predicted octanol–water partition coefficient (Wildman–Crippen LogP) is 6.05. The Morgan fingerprint density at radius 2 is 1.61 bits per heavy atom. The molecule has 1 unspecified atom stereocenters. The molecule has 1 atom stereocenters. The standard InChI is InChI=1S/C21H41NO/c1-9-14-20(5,6)21(7,8)17(16-19(2,3)4)22-15-12-10-11-13-18(22)23/h17H,9-16H2,1-8H3. The van der Waals surface area contributed by atoms with Gasteiger partial charge in [0.2, 0.25) is 5.91 Å². The molecule has 0 aromatic carbocycles. The first-order valence-corrected chi connectivity index (χ1v) is 9.72. The van der Waals surface area contributed by atoms with Crippen molar-refractivity contribution in [1.82, 2.24) is 4.90 Å². The van der Waals surface area contributed by atoms with Crippen LogP contribution < -0.4 is 0 Å². The molecule has 0 aromatic rings. The van der Waals surface area contributed by atoms with Gasteiger partial charge in [-0.3, -0.25) is 4.79 Å². The van der Waals surface area contributed by atoms with Crippen LogP contribution in [0, 0.1) is 16.2 Å². The zero-order valence-electron chi connectivity index (χ0n) is 17.1. The van der Waals surface area contributed by atoms with Crippen molar-refractivity contribution >= 4 is 5.91 Å². The van der Waals surface area contributed by atoms with Crippen molar-refractivity contribution in [2.75, 3.05) is 6.54 Å². The Bertz CT molecular complexity index is 389. The summed E-state index contributed by atoms with van der Waals surface area (Å²) in [5.74, 6) is 0.386. The van der Waals surface area contributed by atoms with Crippen LogP contribution in [0.25, 0.3) is 0 Å². The number of rotatable bonds is 6. The molecule has 0 radical (unpaired) electrons. The maximum Gasteiger partial charge on any atom is 0.222 e. The van der Waals surface area contributed by atoms with Crippen molar-refractivity contribution in [1.29, 1.82) is 0 Å². The van der Waals surface area contributed by atoms with Crippen LogP contribution in [0.1, 0.15) is 100 Å². The van der Waals surface area contributed by atoms with E-state index in [1.54, 1.807) is 0 Å². The summed E-state index contributed by atoms with van der Waals surface area (Å²) >= 11 is 0. The summed E-state index contributed by atoms with van der Waals surface area (Å²) in [6.45, 7) is 19.7. The van der Waals surface area contributed by atoms with E-state index in [4.69, 9.17) is 0 Å². The highest BCUT2D eigenvalue weighted by Gasteiger charge is 2.47. The number of carbonyl (C=O) groups is 1. The highest BCUT2D eigenvalue weighted by Crippen LogP contribution is 2.49. The third kappa shape index (κ3) is 5.22. The van der Waals surface area contributed by atoms with Gasteiger partial charge in [0.15, 0.2) is 0 Å². The Hall–Kier alpha value is -0.530. The van der Waals surface area contributed by atoms with E-state index < -0.39 is 0 Å². The number of nitrogens with zero attached hydrogens (tertiary/aromatic N) is 1. The van der Waals surface area contributed by atoms with Gasteiger partial charge in [-0.15, -0.1) is 0 Å². The molecule has 136 valence electrons. The molecule has 1 rings (SSSR count). The predicted molar refractivity (Wildman–Crippen MR) is 101 cm³/mol. The molecule has 0 saturated carbocycles. The smallest absolute Gasteiger partial charge is 0.222 e. The van der Waals surface area contributed by atoms with E-state index in [2.05, 4.69) is 60.3 Å². The average molecular weight is 324 g/mol. The van der Waals surface area contributed by atoms with Gasteiger partial charge in [0.1, 0.15) is 0 Å². The molecule has 1 amide bonds. The van der Waals surface area contributed by atoms with Crippen molar-refractivity contribution < 1.29 is 4.79 Å². The summed E-state index contributed by atoms with van der Waals surface area (Å²) in [5, 5.41) is 0. The largest absolute Gasteiger partial charge is 0.339 e. The van der Waals surface area contributed by atoms with Gasteiger partial charge < -0.3 is 4.90 Å². The molecule has 0 aliphatic carbocycles. The Morgan fingerprint density at radius 1 is 1.00 bits per heavy atom. The van der Waals surface area contributed by atoms with Crippen LogP contribution >= 0.6 is 0 Å². The molecule has 2 heteroatoms. The topological polar surface area (TPSA) is 20.3 Å². The molecule has 0 N–H and O–H groups in total. The van der Waals surface area contributed by atoms with Crippen molar-refractivity contribution in [2.24, 2.45) is 16.2 Å². The molecule has 1 saturated heterocycles. The zero-order valence-corrected chi connectivity index (χ0v) is 17.1. The van der Waals surface area contributed by atoms with Crippen molar-refractivity contribution in [2.45, 2.75) is 106 Å². The van der Waals surface area contributed by atoms with Gasteiger partial charge in [-0.1, -0.05) is 68.2 Å². The lowest BCUT2D eigenvalue weighted by Crippen LogP contribution is -2.55. The van der Waals surface area contributed by atoms with E-state index in [0.29, 0.717) is 11.9 Å². The van der Waals surface area contributed by atoms with Crippen LogP contribution in [0.3, 0.4) is 0 Å². The molecule has 1 aliphatic rings. The van der Waals surface area contributed by atoms with Crippen LogP contribution in [0.2, 0.25) is 0 Å². The van der Waals surface area contributed by atoms with Crippen molar-refractivity contribution in [3.05, 3.63) is 0 Å². The highest BCUT2D eigenvalue weighted by molar-refractivity contribution is 5.76. The van der Waals surface area contributed by atoms with Gasteiger partial charge in [-0.25, -0.2) is 0 Å². The van der Waals surface area contributed by atoms with E-state index in [1.807, 2.05) is 0 Å². The van der Waals surface area contributed by atoms with E-state index in [0.717, 1.165) is 32.2 Å². The van der Waals surface area contributed by atoms with Crippen LogP contribution in [-0.2, 0) is 4.79 Å². The monoisotopic (exact) mass is 323 g/mol. The van der Waals surface area contributed by atoms with Crippen molar-refractivity contribution in [3.8, 4) is 0 Å². The third-order valence-corrected chi connectivity index (χ3v) is 6.24. The maximum atomic E-state index is 12.8. The fraction of sp³-hybridized carbons (Fsp3) is 0.952. The quantitative estimate of drug-likeness (QED) is 0.583. The number of carbonyl (C=O) groups excluding carboxylic acids is 1. The second kappa shape index (κ2) is 7.57. The van der Waals surface area contributed by atoms with Gasteiger partial charge in [0.05, 0.1) is 0 Å². The molecule has 1 heterocycles. The molecule has 1 aliphatic heterocycles. The molecule has 1 fully saturated rings. The fourth-order valence-corrected chi connectivity index (χ4v) is 4.07. The fourth-order valence-electron chi connectivity index (χ4n) is 4.07. The Morgan fingerprint density at radius 3 is 2.13 bits per heavy atom. The Kier molecular flexibility index (Phi) is 6.75. The van der Waals surface area contributed by atoms with Gasteiger partial charge in [-0.05, 0) is 41.9 Å². The second-order valence-electron chi connectivity index (χ2n) is 10.0. The number of likely N-dealkylation sites (tertiary alicyclic amines) is 1. The lowest BCUT2D eigenvalue weighted by atomic mass is 9.59.